The Bertz CT molecular complexity index is 594. The summed E-state index contributed by atoms with van der Waals surface area (Å²) < 4.78 is 1.99. The van der Waals surface area contributed by atoms with Gasteiger partial charge in [0.05, 0.1) is 23.7 Å². The van der Waals surface area contributed by atoms with E-state index in [4.69, 9.17) is 22.4 Å². The Labute approximate surface area is 119 Å². The molecule has 0 unspecified atom stereocenters. The van der Waals surface area contributed by atoms with E-state index in [0.717, 1.165) is 18.5 Å². The van der Waals surface area contributed by atoms with Crippen molar-refractivity contribution < 1.29 is 19.5 Å². The van der Waals surface area contributed by atoms with Crippen LogP contribution in [0.2, 0.25) is 5.02 Å². The number of primary amides is 1. The fourth-order valence-electron chi connectivity index (χ4n) is 2.73. The SMILES string of the molecule is NC(=O)c1c(Cl)c(C2CC2)n2c1CN(OC(=O)O)CC2. The van der Waals surface area contributed by atoms with Gasteiger partial charge in [0.15, 0.2) is 0 Å². The average Bonchev–Trinajstić information content (AvgIpc) is 3.11. The molecule has 1 fully saturated rings. The first-order chi connectivity index (χ1) is 9.49. The van der Waals surface area contributed by atoms with Gasteiger partial charge in [0, 0.05) is 23.9 Å². The summed E-state index contributed by atoms with van der Waals surface area (Å²) in [6, 6.07) is 0. The summed E-state index contributed by atoms with van der Waals surface area (Å²) in [5.41, 5.74) is 7.28. The summed E-state index contributed by atoms with van der Waals surface area (Å²) in [7, 11) is 0. The minimum Gasteiger partial charge on any atom is -0.448 e. The summed E-state index contributed by atoms with van der Waals surface area (Å²) in [6.07, 6.45) is 0.729. The number of carboxylic acid groups (broad SMARTS) is 1. The predicted molar refractivity (Wildman–Crippen MR) is 69.5 cm³/mol. The molecule has 0 radical (unpaired) electrons. The van der Waals surface area contributed by atoms with Crippen LogP contribution in [0.15, 0.2) is 0 Å². The van der Waals surface area contributed by atoms with E-state index in [9.17, 15) is 9.59 Å². The zero-order chi connectivity index (χ0) is 14.4. The molecule has 1 amide bonds. The first-order valence-electron chi connectivity index (χ1n) is 6.35. The van der Waals surface area contributed by atoms with E-state index in [1.807, 2.05) is 4.57 Å². The van der Waals surface area contributed by atoms with Gasteiger partial charge < -0.3 is 20.2 Å². The average molecular weight is 300 g/mol. The van der Waals surface area contributed by atoms with Crippen molar-refractivity contribution in [3.05, 3.63) is 22.0 Å². The van der Waals surface area contributed by atoms with Gasteiger partial charge in [-0.1, -0.05) is 11.6 Å². The van der Waals surface area contributed by atoms with Gasteiger partial charge in [0.2, 0.25) is 0 Å². The lowest BCUT2D eigenvalue weighted by atomic mass is 10.2. The number of nitrogens with two attached hydrogens (primary N) is 1. The van der Waals surface area contributed by atoms with Crippen LogP contribution >= 0.6 is 11.6 Å². The van der Waals surface area contributed by atoms with E-state index in [2.05, 4.69) is 4.84 Å². The van der Waals surface area contributed by atoms with Crippen LogP contribution in [0.1, 0.15) is 40.5 Å². The Kier molecular flexibility index (Phi) is 3.10. The van der Waals surface area contributed by atoms with Crippen molar-refractivity contribution in [3.8, 4) is 0 Å². The third kappa shape index (κ3) is 2.12. The van der Waals surface area contributed by atoms with Gasteiger partial charge in [-0.05, 0) is 12.8 Å². The molecule has 1 aliphatic carbocycles. The molecule has 1 aromatic heterocycles. The third-order valence-electron chi connectivity index (χ3n) is 3.67. The summed E-state index contributed by atoms with van der Waals surface area (Å²) in [5, 5.41) is 10.4. The quantitative estimate of drug-likeness (QED) is 0.882. The molecule has 7 nitrogen and oxygen atoms in total. The topological polar surface area (TPSA) is 97.8 Å². The molecule has 0 atom stereocenters. The largest absolute Gasteiger partial charge is 0.525 e. The monoisotopic (exact) mass is 299 g/mol. The molecule has 1 aliphatic heterocycles. The van der Waals surface area contributed by atoms with Gasteiger partial charge in [-0.3, -0.25) is 4.79 Å². The molecule has 8 heteroatoms. The number of carbonyl (C=O) groups is 2. The zero-order valence-electron chi connectivity index (χ0n) is 10.6. The van der Waals surface area contributed by atoms with Crippen LogP contribution in [-0.2, 0) is 17.9 Å². The maximum absolute atomic E-state index is 11.6. The van der Waals surface area contributed by atoms with Crippen LogP contribution in [0, 0.1) is 0 Å². The Hall–Kier alpha value is -1.73. The Morgan fingerprint density at radius 2 is 2.05 bits per heavy atom. The van der Waals surface area contributed by atoms with Crippen molar-refractivity contribution in [3.63, 3.8) is 0 Å². The number of rotatable bonds is 3. The van der Waals surface area contributed by atoms with Gasteiger partial charge in [-0.25, -0.2) is 4.79 Å². The Balaban J connectivity index is 2.01. The number of hydrogen-bond acceptors (Lipinski definition) is 4. The molecule has 3 N–H and O–H groups in total. The number of fused-ring (bicyclic) bond motifs is 1. The van der Waals surface area contributed by atoms with E-state index < -0.39 is 12.1 Å². The van der Waals surface area contributed by atoms with Crippen molar-refractivity contribution in [2.24, 2.45) is 5.73 Å². The fraction of sp³-hybridized carbons (Fsp3) is 0.500. The molecule has 0 saturated heterocycles. The highest BCUT2D eigenvalue weighted by Gasteiger charge is 2.37. The molecular weight excluding hydrogens is 286 g/mol. The molecule has 0 spiro atoms. The van der Waals surface area contributed by atoms with E-state index in [1.165, 1.54) is 5.06 Å². The smallest absolute Gasteiger partial charge is 0.448 e. The van der Waals surface area contributed by atoms with Crippen LogP contribution in [0.4, 0.5) is 4.79 Å². The molecule has 108 valence electrons. The van der Waals surface area contributed by atoms with Gasteiger partial charge in [0.1, 0.15) is 0 Å². The second-order valence-corrected chi connectivity index (χ2v) is 5.41. The number of amides is 1. The maximum Gasteiger partial charge on any atom is 0.525 e. The van der Waals surface area contributed by atoms with Crippen molar-refractivity contribution in [2.45, 2.75) is 31.8 Å². The second-order valence-electron chi connectivity index (χ2n) is 5.03. The minimum atomic E-state index is -1.38. The molecule has 2 heterocycles. The number of aromatic nitrogens is 1. The minimum absolute atomic E-state index is 0.178. The normalized spacial score (nSPS) is 18.6. The third-order valence-corrected chi connectivity index (χ3v) is 4.05. The van der Waals surface area contributed by atoms with Gasteiger partial charge in [-0.2, -0.15) is 0 Å². The van der Waals surface area contributed by atoms with Crippen LogP contribution < -0.4 is 5.73 Å². The van der Waals surface area contributed by atoms with Crippen LogP contribution in [0.5, 0.6) is 0 Å². The molecule has 1 aromatic rings. The van der Waals surface area contributed by atoms with Crippen molar-refractivity contribution in [1.82, 2.24) is 9.63 Å². The van der Waals surface area contributed by atoms with Gasteiger partial charge in [-0.15, -0.1) is 5.06 Å². The highest BCUT2D eigenvalue weighted by atomic mass is 35.5. The fourth-order valence-corrected chi connectivity index (χ4v) is 3.18. The van der Waals surface area contributed by atoms with Crippen LogP contribution in [0.25, 0.3) is 0 Å². The number of hydrogen-bond donors (Lipinski definition) is 2. The maximum atomic E-state index is 11.6. The molecule has 0 aromatic carbocycles. The molecule has 2 aliphatic rings. The lowest BCUT2D eigenvalue weighted by Crippen LogP contribution is -2.36. The van der Waals surface area contributed by atoms with E-state index in [-0.39, 0.29) is 12.1 Å². The van der Waals surface area contributed by atoms with Crippen molar-refractivity contribution >= 4 is 23.7 Å². The molecular formula is C12H14ClN3O4. The first kappa shape index (κ1) is 13.3. The number of halogens is 1. The molecule has 3 rings (SSSR count). The number of carbonyl (C=O) groups excluding carboxylic acids is 1. The van der Waals surface area contributed by atoms with Crippen molar-refractivity contribution in [2.75, 3.05) is 6.54 Å². The summed E-state index contributed by atoms with van der Waals surface area (Å²) in [5.74, 6) is -0.218. The molecule has 1 saturated carbocycles. The summed E-state index contributed by atoms with van der Waals surface area (Å²) in [4.78, 5) is 26.9. The Morgan fingerprint density at radius 3 is 2.60 bits per heavy atom. The first-order valence-corrected chi connectivity index (χ1v) is 6.73. The highest BCUT2D eigenvalue weighted by molar-refractivity contribution is 6.35. The molecule has 20 heavy (non-hydrogen) atoms. The zero-order valence-corrected chi connectivity index (χ0v) is 11.4. The van der Waals surface area contributed by atoms with Crippen LogP contribution in [0.3, 0.4) is 0 Å². The predicted octanol–water partition coefficient (Wildman–Crippen LogP) is 1.54. The summed E-state index contributed by atoms with van der Waals surface area (Å²) in [6.45, 7) is 1.13. The highest BCUT2D eigenvalue weighted by Crippen LogP contribution is 2.46. The molecule has 0 bridgehead atoms. The standard InChI is InChI=1S/C12H14ClN3O4/c13-9-8(11(14)17)7-5-15(20-12(18)19)3-4-16(7)10(9)6-1-2-6/h6H,1-5H2,(H2,14,17)(H,18,19). The van der Waals surface area contributed by atoms with E-state index >= 15 is 0 Å². The lowest BCUT2D eigenvalue weighted by Gasteiger charge is -2.27. The van der Waals surface area contributed by atoms with Gasteiger partial charge >= 0.3 is 6.16 Å². The summed E-state index contributed by atoms with van der Waals surface area (Å²) >= 11 is 6.31. The number of hydroxylamine groups is 2. The second kappa shape index (κ2) is 4.68. The lowest BCUT2D eigenvalue weighted by molar-refractivity contribution is -0.136. The van der Waals surface area contributed by atoms with E-state index in [0.29, 0.717) is 29.7 Å². The van der Waals surface area contributed by atoms with Gasteiger partial charge in [0.25, 0.3) is 5.91 Å². The van der Waals surface area contributed by atoms with Crippen molar-refractivity contribution in [1.29, 1.82) is 0 Å². The van der Waals surface area contributed by atoms with Crippen LogP contribution in [-0.4, -0.2) is 33.3 Å². The number of nitrogens with zero attached hydrogens (tertiary/aromatic N) is 2. The van der Waals surface area contributed by atoms with E-state index in [1.54, 1.807) is 0 Å². The Morgan fingerprint density at radius 1 is 1.35 bits per heavy atom.